The summed E-state index contributed by atoms with van der Waals surface area (Å²) in [5, 5.41) is 25.3. The lowest BCUT2D eigenvalue weighted by Crippen LogP contribution is -2.41. The van der Waals surface area contributed by atoms with Gasteiger partial charge in [0.15, 0.2) is 0 Å². The van der Waals surface area contributed by atoms with E-state index >= 15 is 0 Å². The van der Waals surface area contributed by atoms with Gasteiger partial charge in [0, 0.05) is 38.5 Å². The van der Waals surface area contributed by atoms with Crippen molar-refractivity contribution in [2.75, 3.05) is 0 Å². The minimum absolute atomic E-state index is 0.186. The molecule has 2 saturated heterocycles. The fraction of sp³-hybridized carbons (Fsp3) is 0.409. The molecule has 4 atom stereocenters. The van der Waals surface area contributed by atoms with Crippen LogP contribution in [0.1, 0.15) is 123 Å². The van der Waals surface area contributed by atoms with E-state index in [0.29, 0.717) is 38.5 Å². The van der Waals surface area contributed by atoms with Crippen molar-refractivity contribution in [2.45, 2.75) is 113 Å². The molecule has 0 spiro atoms. The molecular weight excluding hydrogens is 652 g/mol. The van der Waals surface area contributed by atoms with Crippen LogP contribution in [-0.4, -0.2) is 44.7 Å². The SMILES string of the molecule is O=C(CCCCCCCCC(=O)OC1CC(c2ccccc2)N(O)C(c2ccccc2)C1)OC1CC(c2ccccc2)N(O)C(c2ccccc2)C1. The number of benzene rings is 4. The molecule has 52 heavy (non-hydrogen) atoms. The number of carbonyl (C=O) groups is 2. The summed E-state index contributed by atoms with van der Waals surface area (Å²) < 4.78 is 12.0. The van der Waals surface area contributed by atoms with Gasteiger partial charge >= 0.3 is 11.9 Å². The topological polar surface area (TPSA) is 99.5 Å². The maximum atomic E-state index is 12.9. The Balaban J connectivity index is 0.894. The number of piperidine rings is 2. The van der Waals surface area contributed by atoms with Gasteiger partial charge in [-0.1, -0.05) is 147 Å². The molecule has 0 saturated carbocycles. The van der Waals surface area contributed by atoms with Gasteiger partial charge in [0.2, 0.25) is 0 Å². The van der Waals surface area contributed by atoms with E-state index in [9.17, 15) is 20.0 Å². The Bertz CT molecular complexity index is 1430. The van der Waals surface area contributed by atoms with E-state index in [4.69, 9.17) is 9.47 Å². The minimum atomic E-state index is -0.282. The fourth-order valence-corrected chi connectivity index (χ4v) is 7.84. The summed E-state index contributed by atoms with van der Waals surface area (Å²) in [5.41, 5.74) is 4.00. The molecule has 2 fully saturated rings. The summed E-state index contributed by atoms with van der Waals surface area (Å²) in [4.78, 5) is 25.8. The Morgan fingerprint density at radius 2 is 0.692 bits per heavy atom. The highest BCUT2D eigenvalue weighted by atomic mass is 16.6. The Morgan fingerprint density at radius 3 is 0.962 bits per heavy atom. The molecule has 4 aromatic carbocycles. The zero-order valence-corrected chi connectivity index (χ0v) is 29.9. The predicted octanol–water partition coefficient (Wildman–Crippen LogP) is 9.87. The fourth-order valence-electron chi connectivity index (χ4n) is 7.84. The number of rotatable bonds is 15. The largest absolute Gasteiger partial charge is 0.462 e. The Hall–Kier alpha value is -4.34. The van der Waals surface area contributed by atoms with E-state index in [1.165, 1.54) is 10.1 Å². The molecule has 274 valence electrons. The Morgan fingerprint density at radius 1 is 0.442 bits per heavy atom. The van der Waals surface area contributed by atoms with Gasteiger partial charge in [0.25, 0.3) is 0 Å². The van der Waals surface area contributed by atoms with Crippen LogP contribution in [0.2, 0.25) is 0 Å². The van der Waals surface area contributed by atoms with Crippen molar-refractivity contribution in [1.82, 2.24) is 10.1 Å². The number of hydrogen-bond donors (Lipinski definition) is 2. The van der Waals surface area contributed by atoms with E-state index < -0.39 is 0 Å². The van der Waals surface area contributed by atoms with Gasteiger partial charge < -0.3 is 19.9 Å². The molecule has 2 aliphatic rings. The van der Waals surface area contributed by atoms with Gasteiger partial charge in [-0.15, -0.1) is 0 Å². The zero-order valence-electron chi connectivity index (χ0n) is 29.9. The van der Waals surface area contributed by atoms with E-state index in [2.05, 4.69) is 0 Å². The van der Waals surface area contributed by atoms with Crippen LogP contribution >= 0.6 is 0 Å². The first-order valence-corrected chi connectivity index (χ1v) is 19.0. The molecule has 0 aliphatic carbocycles. The number of esters is 2. The number of hydrogen-bond acceptors (Lipinski definition) is 8. The molecule has 2 heterocycles. The highest BCUT2D eigenvalue weighted by molar-refractivity contribution is 5.70. The highest BCUT2D eigenvalue weighted by Crippen LogP contribution is 2.43. The van der Waals surface area contributed by atoms with Crippen molar-refractivity contribution in [1.29, 1.82) is 0 Å². The lowest BCUT2D eigenvalue weighted by Gasteiger charge is -2.41. The summed E-state index contributed by atoms with van der Waals surface area (Å²) in [6, 6.07) is 38.6. The number of unbranched alkanes of at least 4 members (excludes halogenated alkanes) is 5. The Labute approximate surface area is 307 Å². The molecule has 4 unspecified atom stereocenters. The third-order valence-corrected chi connectivity index (χ3v) is 10.6. The second-order valence-corrected chi connectivity index (χ2v) is 14.3. The third-order valence-electron chi connectivity index (χ3n) is 10.6. The van der Waals surface area contributed by atoms with Crippen molar-refractivity contribution in [3.63, 3.8) is 0 Å². The van der Waals surface area contributed by atoms with Crippen LogP contribution in [0.15, 0.2) is 121 Å². The lowest BCUT2D eigenvalue weighted by molar-refractivity contribution is -0.206. The first kappa shape index (κ1) is 37.4. The average Bonchev–Trinajstić information content (AvgIpc) is 3.18. The first-order valence-electron chi connectivity index (χ1n) is 19.0. The van der Waals surface area contributed by atoms with E-state index in [-0.39, 0.29) is 48.3 Å². The van der Waals surface area contributed by atoms with Crippen LogP contribution in [-0.2, 0) is 19.1 Å². The highest BCUT2D eigenvalue weighted by Gasteiger charge is 2.39. The van der Waals surface area contributed by atoms with Gasteiger partial charge in [0.1, 0.15) is 12.2 Å². The molecule has 2 N–H and O–H groups in total. The second-order valence-electron chi connectivity index (χ2n) is 14.3. The first-order chi connectivity index (χ1) is 25.5. The van der Waals surface area contributed by atoms with Crippen LogP contribution in [0.4, 0.5) is 0 Å². The standard InChI is InChI=1S/C44H52N2O6/c47-43(51-37-29-39(33-19-9-5-10-20-33)45(49)40(30-37)34-21-11-6-12-22-34)27-17-3-1-2-4-18-28-44(48)52-38-31-41(35-23-13-7-14-24-35)46(50)42(32-38)36-25-15-8-16-26-36/h5-16,19-26,37-42,49-50H,1-4,17-18,27-32H2. The molecular formula is C44H52N2O6. The van der Waals surface area contributed by atoms with Crippen molar-refractivity contribution >= 4 is 11.9 Å². The Kier molecular flexibility index (Phi) is 13.6. The summed E-state index contributed by atoms with van der Waals surface area (Å²) in [7, 11) is 0. The molecule has 0 radical (unpaired) electrons. The maximum Gasteiger partial charge on any atom is 0.306 e. The average molecular weight is 705 g/mol. The number of carbonyl (C=O) groups excluding carboxylic acids is 2. The molecule has 0 aromatic heterocycles. The molecule has 4 aromatic rings. The smallest absolute Gasteiger partial charge is 0.306 e. The zero-order chi connectivity index (χ0) is 36.1. The van der Waals surface area contributed by atoms with Gasteiger partial charge in [-0.3, -0.25) is 9.59 Å². The van der Waals surface area contributed by atoms with Crippen molar-refractivity contribution in [3.05, 3.63) is 144 Å². The van der Waals surface area contributed by atoms with Gasteiger partial charge in [-0.25, -0.2) is 0 Å². The molecule has 0 bridgehead atoms. The molecule has 0 amide bonds. The minimum Gasteiger partial charge on any atom is -0.462 e. The van der Waals surface area contributed by atoms with Crippen LogP contribution < -0.4 is 0 Å². The molecule has 8 nitrogen and oxygen atoms in total. The predicted molar refractivity (Wildman–Crippen MR) is 199 cm³/mol. The van der Waals surface area contributed by atoms with Crippen LogP contribution in [0, 0.1) is 0 Å². The van der Waals surface area contributed by atoms with E-state index in [1.807, 2.05) is 121 Å². The monoisotopic (exact) mass is 704 g/mol. The van der Waals surface area contributed by atoms with Crippen molar-refractivity contribution in [2.24, 2.45) is 0 Å². The summed E-state index contributed by atoms with van der Waals surface area (Å²) >= 11 is 0. The van der Waals surface area contributed by atoms with E-state index in [1.54, 1.807) is 0 Å². The van der Waals surface area contributed by atoms with Gasteiger partial charge in [-0.2, -0.15) is 10.1 Å². The lowest BCUT2D eigenvalue weighted by atomic mass is 9.87. The van der Waals surface area contributed by atoms with E-state index in [0.717, 1.165) is 60.8 Å². The van der Waals surface area contributed by atoms with Crippen LogP contribution in [0.3, 0.4) is 0 Å². The molecule has 2 aliphatic heterocycles. The quantitative estimate of drug-likeness (QED) is 0.0932. The summed E-state index contributed by atoms with van der Waals surface area (Å²) in [5.74, 6) is -0.373. The normalized spacial score (nSPS) is 23.9. The van der Waals surface area contributed by atoms with Gasteiger partial charge in [-0.05, 0) is 35.1 Å². The maximum absolute atomic E-state index is 12.9. The van der Waals surface area contributed by atoms with Crippen molar-refractivity contribution in [3.8, 4) is 0 Å². The summed E-state index contributed by atoms with van der Waals surface area (Å²) in [6.07, 6.45) is 7.71. The van der Waals surface area contributed by atoms with Crippen molar-refractivity contribution < 1.29 is 29.5 Å². The summed E-state index contributed by atoms with van der Waals surface area (Å²) in [6.45, 7) is 0. The second kappa shape index (κ2) is 18.9. The number of ether oxygens (including phenoxy) is 2. The number of hydroxylamine groups is 4. The van der Waals surface area contributed by atoms with Gasteiger partial charge in [0.05, 0.1) is 24.2 Å². The van der Waals surface area contributed by atoms with Crippen LogP contribution in [0.25, 0.3) is 0 Å². The molecule has 6 rings (SSSR count). The van der Waals surface area contributed by atoms with Crippen LogP contribution in [0.5, 0.6) is 0 Å². The third kappa shape index (κ3) is 10.2. The molecule has 8 heteroatoms. The number of nitrogens with zero attached hydrogens (tertiary/aromatic N) is 2.